The average molecular weight is 277 g/mol. The van der Waals surface area contributed by atoms with Gasteiger partial charge in [-0.15, -0.1) is 0 Å². The summed E-state index contributed by atoms with van der Waals surface area (Å²) < 4.78 is 15.2. The Morgan fingerprint density at radius 2 is 2.35 bits per heavy atom. The van der Waals surface area contributed by atoms with Crippen LogP contribution in [-0.4, -0.2) is 27.2 Å². The fourth-order valence-electron chi connectivity index (χ4n) is 1.71. The topological polar surface area (TPSA) is 85.8 Å². The second kappa shape index (κ2) is 6.25. The van der Waals surface area contributed by atoms with Crippen molar-refractivity contribution in [1.29, 1.82) is 0 Å². The molecular weight excluding hydrogens is 261 g/mol. The van der Waals surface area contributed by atoms with Crippen molar-refractivity contribution in [3.05, 3.63) is 36.7 Å². The highest BCUT2D eigenvalue weighted by Gasteiger charge is 2.10. The monoisotopic (exact) mass is 277 g/mol. The molecule has 0 aliphatic rings. The van der Waals surface area contributed by atoms with E-state index >= 15 is 0 Å². The van der Waals surface area contributed by atoms with Crippen molar-refractivity contribution in [2.45, 2.75) is 13.3 Å². The predicted molar refractivity (Wildman–Crippen MR) is 72.8 cm³/mol. The van der Waals surface area contributed by atoms with Gasteiger partial charge in [0.25, 0.3) is 0 Å². The molecule has 1 unspecified atom stereocenters. The smallest absolute Gasteiger partial charge is 0.224 e. The molecule has 1 aromatic carbocycles. The summed E-state index contributed by atoms with van der Waals surface area (Å²) >= 11 is 0. The number of rotatable bonds is 5. The Morgan fingerprint density at radius 1 is 1.55 bits per heavy atom. The van der Waals surface area contributed by atoms with E-state index in [-0.39, 0.29) is 17.5 Å². The number of nitrogens with two attached hydrogens (primary N) is 1. The lowest BCUT2D eigenvalue weighted by Gasteiger charge is -2.10. The lowest BCUT2D eigenvalue weighted by atomic mass is 10.1. The molecule has 1 amide bonds. The average Bonchev–Trinajstić information content (AvgIpc) is 2.92. The minimum atomic E-state index is -0.486. The molecule has 0 radical (unpaired) electrons. The van der Waals surface area contributed by atoms with Gasteiger partial charge in [0.15, 0.2) is 5.82 Å². The third-order valence-corrected chi connectivity index (χ3v) is 2.83. The zero-order valence-electron chi connectivity index (χ0n) is 11.1. The van der Waals surface area contributed by atoms with Crippen LogP contribution in [0.1, 0.15) is 13.3 Å². The molecule has 20 heavy (non-hydrogen) atoms. The largest absolute Gasteiger partial charge is 0.330 e. The SMILES string of the molecule is CC(CN)CC(=O)Nc1ccc(-n2cncn2)c(F)c1. The molecule has 7 heteroatoms. The van der Waals surface area contributed by atoms with Gasteiger partial charge in [0, 0.05) is 12.1 Å². The van der Waals surface area contributed by atoms with Crippen LogP contribution in [0.25, 0.3) is 5.69 Å². The van der Waals surface area contributed by atoms with E-state index in [0.29, 0.717) is 18.7 Å². The Balaban J connectivity index is 2.08. The van der Waals surface area contributed by atoms with Gasteiger partial charge in [-0.2, -0.15) is 5.10 Å². The number of aromatic nitrogens is 3. The standard InChI is InChI=1S/C13H16FN5O/c1-9(6-15)4-13(20)18-10-2-3-12(11(14)5-10)19-8-16-7-17-19/h2-3,5,7-9H,4,6,15H2,1H3,(H,18,20). The maximum atomic E-state index is 13.9. The van der Waals surface area contributed by atoms with Crippen LogP contribution in [0.15, 0.2) is 30.9 Å². The maximum absolute atomic E-state index is 13.9. The van der Waals surface area contributed by atoms with Gasteiger partial charge in [-0.25, -0.2) is 14.1 Å². The van der Waals surface area contributed by atoms with Crippen LogP contribution in [0.5, 0.6) is 0 Å². The maximum Gasteiger partial charge on any atom is 0.224 e. The lowest BCUT2D eigenvalue weighted by Crippen LogP contribution is -2.20. The summed E-state index contributed by atoms with van der Waals surface area (Å²) in [6.45, 7) is 2.32. The van der Waals surface area contributed by atoms with Crippen molar-refractivity contribution in [3.63, 3.8) is 0 Å². The van der Waals surface area contributed by atoms with Crippen molar-refractivity contribution in [2.75, 3.05) is 11.9 Å². The molecule has 1 atom stereocenters. The molecule has 1 heterocycles. The molecule has 3 N–H and O–H groups in total. The molecule has 1 aromatic heterocycles. The van der Waals surface area contributed by atoms with E-state index in [1.54, 1.807) is 6.07 Å². The van der Waals surface area contributed by atoms with Crippen molar-refractivity contribution in [1.82, 2.24) is 14.8 Å². The molecule has 0 aliphatic carbocycles. The van der Waals surface area contributed by atoms with Gasteiger partial charge in [0.1, 0.15) is 18.3 Å². The van der Waals surface area contributed by atoms with E-state index in [1.165, 1.54) is 29.5 Å². The number of amides is 1. The first-order chi connectivity index (χ1) is 9.60. The van der Waals surface area contributed by atoms with E-state index in [4.69, 9.17) is 5.73 Å². The first-order valence-corrected chi connectivity index (χ1v) is 6.24. The van der Waals surface area contributed by atoms with Crippen LogP contribution >= 0.6 is 0 Å². The number of halogens is 1. The minimum Gasteiger partial charge on any atom is -0.330 e. The summed E-state index contributed by atoms with van der Waals surface area (Å²) in [5, 5.41) is 6.49. The van der Waals surface area contributed by atoms with E-state index in [2.05, 4.69) is 15.4 Å². The fraction of sp³-hybridized carbons (Fsp3) is 0.308. The Bertz CT molecular complexity index is 584. The van der Waals surface area contributed by atoms with E-state index < -0.39 is 5.82 Å². The highest BCUT2D eigenvalue weighted by molar-refractivity contribution is 5.90. The zero-order valence-corrected chi connectivity index (χ0v) is 11.1. The molecule has 106 valence electrons. The van der Waals surface area contributed by atoms with Gasteiger partial charge in [0.05, 0.1) is 0 Å². The van der Waals surface area contributed by atoms with Crippen molar-refractivity contribution in [2.24, 2.45) is 11.7 Å². The van der Waals surface area contributed by atoms with Crippen LogP contribution in [-0.2, 0) is 4.79 Å². The van der Waals surface area contributed by atoms with E-state index in [0.717, 1.165) is 0 Å². The summed E-state index contributed by atoms with van der Waals surface area (Å²) in [5.41, 5.74) is 6.13. The summed E-state index contributed by atoms with van der Waals surface area (Å²) in [4.78, 5) is 15.4. The number of carbonyl (C=O) groups excluding carboxylic acids is 1. The number of anilines is 1. The first-order valence-electron chi connectivity index (χ1n) is 6.24. The number of nitrogens with one attached hydrogen (secondary N) is 1. The second-order valence-electron chi connectivity index (χ2n) is 4.60. The normalized spacial score (nSPS) is 12.2. The van der Waals surface area contributed by atoms with Crippen molar-refractivity contribution < 1.29 is 9.18 Å². The number of carbonyl (C=O) groups is 1. The molecular formula is C13H16FN5O. The Morgan fingerprint density at radius 3 is 2.95 bits per heavy atom. The molecule has 0 saturated carbocycles. The summed E-state index contributed by atoms with van der Waals surface area (Å²) in [6.07, 6.45) is 3.03. The molecule has 0 bridgehead atoms. The minimum absolute atomic E-state index is 0.0919. The quantitative estimate of drug-likeness (QED) is 0.863. The third-order valence-electron chi connectivity index (χ3n) is 2.83. The highest BCUT2D eigenvalue weighted by Crippen LogP contribution is 2.17. The summed E-state index contributed by atoms with van der Waals surface area (Å²) in [5.74, 6) is -0.578. The van der Waals surface area contributed by atoms with Crippen LogP contribution < -0.4 is 11.1 Å². The van der Waals surface area contributed by atoms with Gasteiger partial charge in [0.2, 0.25) is 5.91 Å². The van der Waals surface area contributed by atoms with Gasteiger partial charge in [-0.1, -0.05) is 6.92 Å². The van der Waals surface area contributed by atoms with Crippen molar-refractivity contribution in [3.8, 4) is 5.69 Å². The van der Waals surface area contributed by atoms with Gasteiger partial charge in [-0.05, 0) is 30.7 Å². The molecule has 2 rings (SSSR count). The Kier molecular flexibility index (Phi) is 4.41. The summed E-state index contributed by atoms with van der Waals surface area (Å²) in [7, 11) is 0. The lowest BCUT2D eigenvalue weighted by molar-refractivity contribution is -0.116. The second-order valence-corrected chi connectivity index (χ2v) is 4.60. The highest BCUT2D eigenvalue weighted by atomic mass is 19.1. The summed E-state index contributed by atoms with van der Waals surface area (Å²) in [6, 6.07) is 4.40. The number of hydrogen-bond acceptors (Lipinski definition) is 4. The van der Waals surface area contributed by atoms with Crippen LogP contribution in [0.2, 0.25) is 0 Å². The number of hydrogen-bond donors (Lipinski definition) is 2. The molecule has 2 aromatic rings. The van der Waals surface area contributed by atoms with E-state index in [1.807, 2.05) is 6.92 Å². The Hall–Kier alpha value is -2.28. The molecule has 0 aliphatic heterocycles. The van der Waals surface area contributed by atoms with Crippen molar-refractivity contribution >= 4 is 11.6 Å². The van der Waals surface area contributed by atoms with Gasteiger partial charge in [-0.3, -0.25) is 4.79 Å². The molecule has 0 fully saturated rings. The van der Waals surface area contributed by atoms with Crippen LogP contribution in [0.4, 0.5) is 10.1 Å². The first kappa shape index (κ1) is 14.1. The van der Waals surface area contributed by atoms with Crippen LogP contribution in [0.3, 0.4) is 0 Å². The molecule has 0 saturated heterocycles. The van der Waals surface area contributed by atoms with Crippen LogP contribution in [0, 0.1) is 11.7 Å². The van der Waals surface area contributed by atoms with Gasteiger partial charge < -0.3 is 11.1 Å². The predicted octanol–water partition coefficient (Wildman–Crippen LogP) is 1.33. The number of benzene rings is 1. The molecule has 6 nitrogen and oxygen atoms in total. The number of nitrogens with zero attached hydrogens (tertiary/aromatic N) is 3. The Labute approximate surface area is 115 Å². The van der Waals surface area contributed by atoms with E-state index in [9.17, 15) is 9.18 Å². The van der Waals surface area contributed by atoms with Gasteiger partial charge >= 0.3 is 0 Å². The fourth-order valence-corrected chi connectivity index (χ4v) is 1.71. The zero-order chi connectivity index (χ0) is 14.5. The third kappa shape index (κ3) is 3.39. The molecule has 0 spiro atoms.